The van der Waals surface area contributed by atoms with E-state index in [0.717, 1.165) is 45.2 Å². The van der Waals surface area contributed by atoms with E-state index in [0.29, 0.717) is 17.7 Å². The van der Waals surface area contributed by atoms with E-state index in [9.17, 15) is 5.11 Å². The highest BCUT2D eigenvalue weighted by Gasteiger charge is 2.27. The fourth-order valence-electron chi connectivity index (χ4n) is 3.38. The van der Waals surface area contributed by atoms with Crippen molar-refractivity contribution in [2.24, 2.45) is 10.9 Å². The van der Waals surface area contributed by atoms with E-state index in [1.165, 1.54) is 0 Å². The van der Waals surface area contributed by atoms with Gasteiger partial charge < -0.3 is 25.1 Å². The second-order valence-corrected chi connectivity index (χ2v) is 7.98. The summed E-state index contributed by atoms with van der Waals surface area (Å²) in [6.45, 7) is 14.6. The summed E-state index contributed by atoms with van der Waals surface area (Å²) in [5.41, 5.74) is -1.12. The highest BCUT2D eigenvalue weighted by Crippen LogP contribution is 2.21. The molecule has 154 valence electrons. The number of likely N-dealkylation sites (N-methyl/N-ethyl adjacent to an activating group) is 1. The number of guanidine groups is 1. The Balaban J connectivity index is 1.97. The molecule has 2 rings (SSSR count). The third kappa shape index (κ3) is 6.52. The van der Waals surface area contributed by atoms with Crippen molar-refractivity contribution >= 4 is 5.96 Å². The molecule has 0 amide bonds. The van der Waals surface area contributed by atoms with Gasteiger partial charge in [-0.3, -0.25) is 4.90 Å². The Hall–Kier alpha value is -1.57. The largest absolute Gasteiger partial charge is 0.466 e. The van der Waals surface area contributed by atoms with Crippen LogP contribution in [-0.4, -0.2) is 79.8 Å². The van der Waals surface area contributed by atoms with E-state index in [1.54, 1.807) is 25.3 Å². The predicted molar refractivity (Wildman–Crippen MR) is 110 cm³/mol. The van der Waals surface area contributed by atoms with E-state index in [-0.39, 0.29) is 6.54 Å². The maximum atomic E-state index is 10.6. The summed E-state index contributed by atoms with van der Waals surface area (Å²) < 4.78 is 5.34. The van der Waals surface area contributed by atoms with Crippen molar-refractivity contribution in [3.8, 4) is 0 Å². The lowest BCUT2D eigenvalue weighted by Gasteiger charge is -2.40. The zero-order valence-electron chi connectivity index (χ0n) is 17.5. The fraction of sp³-hybridized carbons (Fsp3) is 0.750. The first-order chi connectivity index (χ1) is 12.8. The summed E-state index contributed by atoms with van der Waals surface area (Å²) in [4.78, 5) is 9.54. The molecule has 3 N–H and O–H groups in total. The van der Waals surface area contributed by atoms with Crippen molar-refractivity contribution in [3.05, 3.63) is 24.2 Å². The van der Waals surface area contributed by atoms with E-state index < -0.39 is 5.60 Å². The van der Waals surface area contributed by atoms with Crippen LogP contribution in [0.1, 0.15) is 33.5 Å². The van der Waals surface area contributed by atoms with Gasteiger partial charge in [0, 0.05) is 45.3 Å². The first kappa shape index (κ1) is 21.7. The minimum Gasteiger partial charge on any atom is -0.466 e. The van der Waals surface area contributed by atoms with Crippen LogP contribution >= 0.6 is 0 Å². The van der Waals surface area contributed by atoms with Crippen LogP contribution < -0.4 is 10.6 Å². The predicted octanol–water partition coefficient (Wildman–Crippen LogP) is 1.31. The Morgan fingerprint density at radius 3 is 2.56 bits per heavy atom. The van der Waals surface area contributed by atoms with E-state index in [1.807, 2.05) is 6.92 Å². The summed E-state index contributed by atoms with van der Waals surface area (Å²) in [5.74, 6) is 1.80. The average Bonchev–Trinajstić information content (AvgIpc) is 3.16. The SMILES string of the molecule is CCNC(=NCC(C)(O)c1ccco1)NCC(C(C)C)N1CCN(C)CC1. The van der Waals surface area contributed by atoms with E-state index in [4.69, 9.17) is 4.42 Å². The second kappa shape index (κ2) is 10.1. The molecule has 0 saturated carbocycles. The van der Waals surface area contributed by atoms with Crippen LogP contribution in [0.5, 0.6) is 0 Å². The normalized spacial score (nSPS) is 20.5. The first-order valence-electron chi connectivity index (χ1n) is 10.0. The molecular weight excluding hydrogens is 342 g/mol. The minimum atomic E-state index is -1.12. The van der Waals surface area contributed by atoms with Gasteiger partial charge >= 0.3 is 0 Å². The van der Waals surface area contributed by atoms with Crippen molar-refractivity contribution in [2.75, 3.05) is 52.9 Å². The van der Waals surface area contributed by atoms with Crippen LogP contribution in [0, 0.1) is 5.92 Å². The summed E-state index contributed by atoms with van der Waals surface area (Å²) >= 11 is 0. The summed E-state index contributed by atoms with van der Waals surface area (Å²) in [5, 5.41) is 17.4. The molecule has 7 heteroatoms. The second-order valence-electron chi connectivity index (χ2n) is 7.98. The minimum absolute atomic E-state index is 0.233. The molecular formula is C20H37N5O2. The molecule has 0 radical (unpaired) electrons. The molecule has 1 aromatic rings. The highest BCUT2D eigenvalue weighted by molar-refractivity contribution is 5.79. The molecule has 0 bridgehead atoms. The number of rotatable bonds is 8. The molecule has 1 fully saturated rings. The number of aliphatic hydroxyl groups is 1. The van der Waals surface area contributed by atoms with Crippen LogP contribution in [-0.2, 0) is 5.60 Å². The number of hydrogen-bond acceptors (Lipinski definition) is 5. The van der Waals surface area contributed by atoms with E-state index >= 15 is 0 Å². The van der Waals surface area contributed by atoms with Crippen LogP contribution in [0.4, 0.5) is 0 Å². The Bertz CT molecular complexity index is 563. The van der Waals surface area contributed by atoms with Crippen molar-refractivity contribution in [3.63, 3.8) is 0 Å². The molecule has 2 unspecified atom stereocenters. The van der Waals surface area contributed by atoms with Crippen LogP contribution in [0.3, 0.4) is 0 Å². The van der Waals surface area contributed by atoms with Gasteiger partial charge in [0.15, 0.2) is 5.96 Å². The van der Waals surface area contributed by atoms with Gasteiger partial charge in [0.25, 0.3) is 0 Å². The van der Waals surface area contributed by atoms with Gasteiger partial charge in [-0.15, -0.1) is 0 Å². The molecule has 2 atom stereocenters. The first-order valence-corrected chi connectivity index (χ1v) is 10.0. The Labute approximate surface area is 163 Å². The van der Waals surface area contributed by atoms with Gasteiger partial charge in [-0.25, -0.2) is 4.99 Å². The number of nitrogens with one attached hydrogen (secondary N) is 2. The maximum absolute atomic E-state index is 10.6. The smallest absolute Gasteiger partial charge is 0.191 e. The zero-order valence-corrected chi connectivity index (χ0v) is 17.5. The van der Waals surface area contributed by atoms with Gasteiger partial charge in [0.2, 0.25) is 0 Å². The molecule has 0 aliphatic carbocycles. The molecule has 1 saturated heterocycles. The maximum Gasteiger partial charge on any atom is 0.191 e. The standard InChI is InChI=1S/C20H37N5O2/c1-6-21-19(23-15-20(4,26)18-8-7-13-27-18)22-14-17(16(2)3)25-11-9-24(5)10-12-25/h7-8,13,16-17,26H,6,9-12,14-15H2,1-5H3,(H2,21,22,23). The van der Waals surface area contributed by atoms with Crippen LogP contribution in [0.15, 0.2) is 27.8 Å². The van der Waals surface area contributed by atoms with Crippen LogP contribution in [0.2, 0.25) is 0 Å². The zero-order chi connectivity index (χ0) is 19.9. The molecule has 27 heavy (non-hydrogen) atoms. The summed E-state index contributed by atoms with van der Waals surface area (Å²) in [7, 11) is 2.18. The van der Waals surface area contributed by atoms with Gasteiger partial charge in [0.05, 0.1) is 12.8 Å². The number of hydrogen-bond donors (Lipinski definition) is 3. The summed E-state index contributed by atoms with van der Waals surface area (Å²) in [6, 6.07) is 4.01. The summed E-state index contributed by atoms with van der Waals surface area (Å²) in [6.07, 6.45) is 1.57. The Kier molecular flexibility index (Phi) is 8.13. The molecule has 1 aliphatic heterocycles. The number of aliphatic imine (C=N–C) groups is 1. The monoisotopic (exact) mass is 379 g/mol. The van der Waals surface area contributed by atoms with Gasteiger partial charge in [-0.2, -0.15) is 0 Å². The van der Waals surface area contributed by atoms with Crippen molar-refractivity contribution in [1.29, 1.82) is 0 Å². The molecule has 0 spiro atoms. The van der Waals surface area contributed by atoms with Crippen molar-refractivity contribution in [2.45, 2.75) is 39.3 Å². The molecule has 2 heterocycles. The lowest BCUT2D eigenvalue weighted by molar-refractivity contribution is 0.0436. The Morgan fingerprint density at radius 1 is 1.30 bits per heavy atom. The number of furan rings is 1. The third-order valence-corrected chi connectivity index (χ3v) is 5.20. The highest BCUT2D eigenvalue weighted by atomic mass is 16.4. The third-order valence-electron chi connectivity index (χ3n) is 5.20. The van der Waals surface area contributed by atoms with Crippen molar-refractivity contribution in [1.82, 2.24) is 20.4 Å². The quantitative estimate of drug-likeness (QED) is 0.467. The van der Waals surface area contributed by atoms with E-state index in [2.05, 4.69) is 46.3 Å². The lowest BCUT2D eigenvalue weighted by Crippen LogP contribution is -2.55. The average molecular weight is 380 g/mol. The molecule has 1 aliphatic rings. The van der Waals surface area contributed by atoms with Crippen molar-refractivity contribution < 1.29 is 9.52 Å². The van der Waals surface area contributed by atoms with Crippen LogP contribution in [0.25, 0.3) is 0 Å². The number of nitrogens with zero attached hydrogens (tertiary/aromatic N) is 3. The molecule has 7 nitrogen and oxygen atoms in total. The molecule has 1 aromatic heterocycles. The van der Waals surface area contributed by atoms with Gasteiger partial charge in [-0.1, -0.05) is 13.8 Å². The molecule has 0 aromatic carbocycles. The number of piperazine rings is 1. The fourth-order valence-corrected chi connectivity index (χ4v) is 3.38. The Morgan fingerprint density at radius 2 is 2.00 bits per heavy atom. The van der Waals surface area contributed by atoms with Gasteiger partial charge in [0.1, 0.15) is 11.4 Å². The lowest BCUT2D eigenvalue weighted by atomic mass is 10.0. The topological polar surface area (TPSA) is 76.3 Å². The van der Waals surface area contributed by atoms with Gasteiger partial charge in [-0.05, 0) is 38.9 Å².